The molecule has 0 amide bonds. The summed E-state index contributed by atoms with van der Waals surface area (Å²) in [6.07, 6.45) is 0.386. The van der Waals surface area contributed by atoms with Gasteiger partial charge < -0.3 is 14.9 Å². The second-order valence-corrected chi connectivity index (χ2v) is 6.68. The van der Waals surface area contributed by atoms with Gasteiger partial charge in [0, 0.05) is 6.54 Å². The van der Waals surface area contributed by atoms with Crippen molar-refractivity contribution in [2.24, 2.45) is 0 Å². The molecule has 0 atom stereocenters. The number of hydrogen-bond donors (Lipinski definition) is 3. The Labute approximate surface area is 139 Å². The number of phenolic OH excluding ortho intramolecular Hbond substituents is 1. The molecule has 0 bridgehead atoms. The number of carboxylic acid groups (broad SMARTS) is 1. The molecule has 8 heteroatoms. The molecule has 0 fully saturated rings. The number of rotatable bonds is 8. The number of hydrogen-bond acceptors (Lipinski definition) is 5. The zero-order valence-electron chi connectivity index (χ0n) is 12.7. The highest BCUT2D eigenvalue weighted by Gasteiger charge is 2.17. The van der Waals surface area contributed by atoms with E-state index in [0.29, 0.717) is 12.2 Å². The lowest BCUT2D eigenvalue weighted by Crippen LogP contribution is -2.26. The molecule has 7 nitrogen and oxygen atoms in total. The molecule has 0 saturated heterocycles. The molecule has 2 rings (SSSR count). The Balaban J connectivity index is 1.95. The van der Waals surface area contributed by atoms with Gasteiger partial charge in [-0.2, -0.15) is 0 Å². The molecule has 2 aromatic rings. The Morgan fingerprint density at radius 3 is 2.58 bits per heavy atom. The van der Waals surface area contributed by atoms with Crippen molar-refractivity contribution >= 4 is 16.0 Å². The molecule has 24 heavy (non-hydrogen) atoms. The van der Waals surface area contributed by atoms with Gasteiger partial charge in [-0.05, 0) is 36.2 Å². The molecule has 0 radical (unpaired) electrons. The highest BCUT2D eigenvalue weighted by molar-refractivity contribution is 7.89. The summed E-state index contributed by atoms with van der Waals surface area (Å²) >= 11 is 0. The first-order valence-electron chi connectivity index (χ1n) is 7.10. The first kappa shape index (κ1) is 17.8. The summed E-state index contributed by atoms with van der Waals surface area (Å²) in [5.41, 5.74) is 0.790. The number of ether oxygens (including phenoxy) is 1. The van der Waals surface area contributed by atoms with E-state index in [0.717, 1.165) is 5.56 Å². The number of sulfonamides is 1. The molecule has 0 aliphatic rings. The van der Waals surface area contributed by atoms with Crippen LogP contribution in [0.3, 0.4) is 0 Å². The minimum absolute atomic E-state index is 0.124. The van der Waals surface area contributed by atoms with Crippen LogP contribution in [0.5, 0.6) is 11.5 Å². The van der Waals surface area contributed by atoms with Gasteiger partial charge in [-0.1, -0.05) is 24.3 Å². The van der Waals surface area contributed by atoms with Crippen LogP contribution < -0.4 is 9.46 Å². The molecule has 3 N–H and O–H groups in total. The van der Waals surface area contributed by atoms with Crippen LogP contribution in [0, 0.1) is 0 Å². The fraction of sp³-hybridized carbons (Fsp3) is 0.188. The number of para-hydroxylation sites is 1. The van der Waals surface area contributed by atoms with Crippen LogP contribution >= 0.6 is 0 Å². The van der Waals surface area contributed by atoms with E-state index in [9.17, 15) is 18.3 Å². The Morgan fingerprint density at radius 2 is 1.88 bits per heavy atom. The fourth-order valence-electron chi connectivity index (χ4n) is 2.03. The molecule has 2 aromatic carbocycles. The maximum atomic E-state index is 12.1. The summed E-state index contributed by atoms with van der Waals surface area (Å²) in [5, 5.41) is 18.2. The molecule has 0 spiro atoms. The normalized spacial score (nSPS) is 11.2. The van der Waals surface area contributed by atoms with Crippen LogP contribution in [-0.2, 0) is 21.2 Å². The van der Waals surface area contributed by atoms with E-state index in [1.807, 2.05) is 0 Å². The van der Waals surface area contributed by atoms with Crippen molar-refractivity contribution in [3.8, 4) is 11.5 Å². The summed E-state index contributed by atoms with van der Waals surface area (Å²) < 4.78 is 31.7. The Bertz CT molecular complexity index is 819. The summed E-state index contributed by atoms with van der Waals surface area (Å²) in [4.78, 5) is 10.3. The number of aromatic hydroxyl groups is 1. The molecule has 128 valence electrons. The van der Waals surface area contributed by atoms with Crippen molar-refractivity contribution in [3.05, 3.63) is 54.1 Å². The Kier molecular flexibility index (Phi) is 5.78. The van der Waals surface area contributed by atoms with Gasteiger partial charge >= 0.3 is 5.97 Å². The lowest BCUT2D eigenvalue weighted by molar-refractivity contribution is -0.139. The molecule has 0 aromatic heterocycles. The average molecular weight is 351 g/mol. The zero-order chi connectivity index (χ0) is 17.6. The summed E-state index contributed by atoms with van der Waals surface area (Å²) in [6.45, 7) is -0.317. The number of nitrogens with one attached hydrogen (secondary N) is 1. The van der Waals surface area contributed by atoms with Gasteiger partial charge in [0.15, 0.2) is 6.61 Å². The lowest BCUT2D eigenvalue weighted by Gasteiger charge is -2.09. The third-order valence-corrected chi connectivity index (χ3v) is 4.63. The van der Waals surface area contributed by atoms with Gasteiger partial charge in [-0.15, -0.1) is 0 Å². The van der Waals surface area contributed by atoms with Gasteiger partial charge in [0.1, 0.15) is 16.4 Å². The van der Waals surface area contributed by atoms with Crippen LogP contribution in [0.15, 0.2) is 53.4 Å². The monoisotopic (exact) mass is 351 g/mol. The van der Waals surface area contributed by atoms with E-state index in [-0.39, 0.29) is 17.2 Å². The molecule has 0 aliphatic carbocycles. The lowest BCUT2D eigenvalue weighted by atomic mass is 10.1. The zero-order valence-corrected chi connectivity index (χ0v) is 13.5. The summed E-state index contributed by atoms with van der Waals surface area (Å²) in [5.74, 6) is -0.983. The molecule has 0 unspecified atom stereocenters. The van der Waals surface area contributed by atoms with Crippen molar-refractivity contribution in [2.45, 2.75) is 11.3 Å². The largest absolute Gasteiger partial charge is 0.507 e. The summed E-state index contributed by atoms with van der Waals surface area (Å²) in [7, 11) is -3.80. The maximum Gasteiger partial charge on any atom is 0.341 e. The van der Waals surface area contributed by atoms with Crippen molar-refractivity contribution < 1.29 is 28.2 Å². The second kappa shape index (κ2) is 7.80. The summed E-state index contributed by atoms with van der Waals surface area (Å²) in [6, 6.07) is 12.4. The van der Waals surface area contributed by atoms with E-state index in [2.05, 4.69) is 4.72 Å². The van der Waals surface area contributed by atoms with Crippen LogP contribution in [0.1, 0.15) is 5.56 Å². The SMILES string of the molecule is O=C(O)COc1cccc(CCNS(=O)(=O)c2ccccc2O)c1. The molecular formula is C16H17NO6S. The first-order valence-corrected chi connectivity index (χ1v) is 8.58. The smallest absolute Gasteiger partial charge is 0.341 e. The number of carbonyl (C=O) groups is 1. The molecular weight excluding hydrogens is 334 g/mol. The Hall–Kier alpha value is -2.58. The number of aliphatic carboxylic acids is 1. The van der Waals surface area contributed by atoms with Crippen molar-refractivity contribution in [1.82, 2.24) is 4.72 Å². The Morgan fingerprint density at radius 1 is 1.12 bits per heavy atom. The molecule has 0 heterocycles. The number of phenols is 1. The minimum atomic E-state index is -3.80. The third-order valence-electron chi connectivity index (χ3n) is 3.12. The number of benzene rings is 2. The van der Waals surface area contributed by atoms with Crippen molar-refractivity contribution in [3.63, 3.8) is 0 Å². The molecule has 0 saturated carbocycles. The van der Waals surface area contributed by atoms with Crippen molar-refractivity contribution in [1.29, 1.82) is 0 Å². The predicted octanol–water partition coefficient (Wildman–Crippen LogP) is 1.38. The van der Waals surface area contributed by atoms with Crippen molar-refractivity contribution in [2.75, 3.05) is 13.2 Å². The second-order valence-electron chi connectivity index (χ2n) is 4.95. The quantitative estimate of drug-likeness (QED) is 0.662. The standard InChI is InChI=1S/C16H17NO6S/c18-14-6-1-2-7-15(14)24(21,22)17-9-8-12-4-3-5-13(10-12)23-11-16(19)20/h1-7,10,17-18H,8-9,11H2,(H,19,20). The van der Waals surface area contributed by atoms with Crippen LogP contribution in [0.25, 0.3) is 0 Å². The van der Waals surface area contributed by atoms with Gasteiger partial charge in [0.25, 0.3) is 0 Å². The van der Waals surface area contributed by atoms with E-state index in [1.54, 1.807) is 24.3 Å². The minimum Gasteiger partial charge on any atom is -0.507 e. The van der Waals surface area contributed by atoms with Gasteiger partial charge in [0.05, 0.1) is 0 Å². The highest BCUT2D eigenvalue weighted by Crippen LogP contribution is 2.21. The van der Waals surface area contributed by atoms with Gasteiger partial charge in [0.2, 0.25) is 10.0 Å². The predicted molar refractivity (Wildman–Crippen MR) is 86.6 cm³/mol. The maximum absolute atomic E-state index is 12.1. The van der Waals surface area contributed by atoms with Crippen LogP contribution in [0.4, 0.5) is 0 Å². The van der Waals surface area contributed by atoms with Crippen LogP contribution in [0.2, 0.25) is 0 Å². The third kappa shape index (κ3) is 4.97. The number of carboxylic acids is 1. The van der Waals surface area contributed by atoms with E-state index in [4.69, 9.17) is 9.84 Å². The molecule has 0 aliphatic heterocycles. The van der Waals surface area contributed by atoms with E-state index >= 15 is 0 Å². The van der Waals surface area contributed by atoms with Gasteiger partial charge in [-0.3, -0.25) is 0 Å². The van der Waals surface area contributed by atoms with E-state index < -0.39 is 22.6 Å². The fourth-order valence-corrected chi connectivity index (χ4v) is 3.16. The first-order chi connectivity index (χ1) is 11.4. The van der Waals surface area contributed by atoms with E-state index in [1.165, 1.54) is 24.3 Å². The van der Waals surface area contributed by atoms with Crippen LogP contribution in [-0.4, -0.2) is 37.8 Å². The highest BCUT2D eigenvalue weighted by atomic mass is 32.2. The van der Waals surface area contributed by atoms with Gasteiger partial charge in [-0.25, -0.2) is 17.9 Å². The average Bonchev–Trinajstić information content (AvgIpc) is 2.53. The topological polar surface area (TPSA) is 113 Å².